The highest BCUT2D eigenvalue weighted by Gasteiger charge is 2.31. The molecule has 0 fully saturated rings. The summed E-state index contributed by atoms with van der Waals surface area (Å²) in [5.74, 6) is 0.739. The molecule has 1 aromatic heterocycles. The number of aromatic nitrogens is 2. The average Bonchev–Trinajstić information content (AvgIpc) is 3.28. The van der Waals surface area contributed by atoms with E-state index in [2.05, 4.69) is 47.1 Å². The molecule has 9 heteroatoms. The first kappa shape index (κ1) is 34.4. The van der Waals surface area contributed by atoms with Crippen LogP contribution in [0.3, 0.4) is 0 Å². The lowest BCUT2D eigenvalue weighted by Gasteiger charge is -2.18. The van der Waals surface area contributed by atoms with Crippen molar-refractivity contribution >= 4 is 23.6 Å². The van der Waals surface area contributed by atoms with Gasteiger partial charge in [-0.3, -0.25) is 4.79 Å². The van der Waals surface area contributed by atoms with Crippen molar-refractivity contribution in [2.75, 3.05) is 0 Å². The third kappa shape index (κ3) is 9.73. The summed E-state index contributed by atoms with van der Waals surface area (Å²) in [6, 6.07) is 12.8. The molecule has 0 bridgehead atoms. The molecule has 0 aliphatic carbocycles. The molecular weight excluding hydrogens is 599 g/mol. The van der Waals surface area contributed by atoms with E-state index in [0.717, 1.165) is 74.0 Å². The Labute approximate surface area is 269 Å². The quantitative estimate of drug-likeness (QED) is 0.168. The van der Waals surface area contributed by atoms with Crippen LogP contribution in [0.5, 0.6) is 5.75 Å². The summed E-state index contributed by atoms with van der Waals surface area (Å²) < 4.78 is 43.4. The summed E-state index contributed by atoms with van der Waals surface area (Å²) in [5.41, 5.74) is 6.12. The normalized spacial score (nSPS) is 13.6. The third-order valence-electron chi connectivity index (χ3n) is 8.31. The maximum atomic E-state index is 13.3. The molecule has 1 aliphatic rings. The molecule has 2 heterocycles. The molecule has 242 valence electrons. The molecule has 1 N–H and O–H groups in total. The first-order valence-corrected chi connectivity index (χ1v) is 16.4. The number of hydrogen-bond donors (Lipinski definition) is 1. The van der Waals surface area contributed by atoms with Gasteiger partial charge in [0.15, 0.2) is 0 Å². The van der Waals surface area contributed by atoms with Crippen molar-refractivity contribution in [3.05, 3.63) is 99.1 Å². The summed E-state index contributed by atoms with van der Waals surface area (Å²) in [6.07, 6.45) is 9.66. The minimum Gasteiger partial charge on any atom is -0.406 e. The molecule has 45 heavy (non-hydrogen) atoms. The zero-order valence-corrected chi connectivity index (χ0v) is 27.1. The van der Waals surface area contributed by atoms with Crippen LogP contribution in [0.15, 0.2) is 59.6 Å². The molecule has 1 aliphatic heterocycles. The van der Waals surface area contributed by atoms with Crippen LogP contribution in [0.4, 0.5) is 13.2 Å². The maximum absolute atomic E-state index is 13.3. The zero-order valence-electron chi connectivity index (χ0n) is 26.4. The number of carbonyl (C=O) groups is 1. The number of carbonyl (C=O) groups excluding carboxylic acids is 1. The average molecular weight is 642 g/mol. The molecule has 1 atom stereocenters. The van der Waals surface area contributed by atoms with E-state index in [1.165, 1.54) is 23.3 Å². The van der Waals surface area contributed by atoms with Crippen molar-refractivity contribution in [3.8, 4) is 5.75 Å². The highest BCUT2D eigenvalue weighted by molar-refractivity contribution is 6.31. The molecule has 1 unspecified atom stereocenters. The Morgan fingerprint density at radius 1 is 1.00 bits per heavy atom. The number of aryl methyl sites for hydroxylation is 3. The van der Waals surface area contributed by atoms with Gasteiger partial charge in [-0.1, -0.05) is 82.0 Å². The predicted molar refractivity (Wildman–Crippen MR) is 175 cm³/mol. The minimum absolute atomic E-state index is 0.139. The van der Waals surface area contributed by atoms with Gasteiger partial charge < -0.3 is 14.6 Å². The lowest BCUT2D eigenvalue weighted by molar-refractivity contribution is -0.274. The van der Waals surface area contributed by atoms with E-state index in [9.17, 15) is 18.0 Å². The zero-order chi connectivity index (χ0) is 32.4. The Bertz CT molecular complexity index is 1490. The number of nitrogens with one attached hydrogen (secondary N) is 1. The smallest absolute Gasteiger partial charge is 0.406 e. The van der Waals surface area contributed by atoms with Crippen LogP contribution in [-0.2, 0) is 32.4 Å². The van der Waals surface area contributed by atoms with E-state index < -0.39 is 6.36 Å². The summed E-state index contributed by atoms with van der Waals surface area (Å²) >= 11 is 6.17. The first-order chi connectivity index (χ1) is 21.6. The fourth-order valence-corrected chi connectivity index (χ4v) is 6.15. The number of hydrogen-bond acceptors (Lipinski definition) is 3. The molecule has 0 radical (unpaired) electrons. The van der Waals surface area contributed by atoms with Crippen LogP contribution in [0.2, 0.25) is 0 Å². The van der Waals surface area contributed by atoms with Gasteiger partial charge in [-0.2, -0.15) is 0 Å². The summed E-state index contributed by atoms with van der Waals surface area (Å²) in [5, 5.41) is 3.73. The molecule has 0 saturated carbocycles. The Hall–Kier alpha value is -3.52. The number of allylic oxidation sites excluding steroid dienone is 3. The fourth-order valence-electron chi connectivity index (χ4n) is 6.01. The van der Waals surface area contributed by atoms with Gasteiger partial charge in [0.05, 0.1) is 5.69 Å². The van der Waals surface area contributed by atoms with Crippen LogP contribution in [0.1, 0.15) is 109 Å². The SMILES string of the molecule is CCCC(CCCCCc1ccc(CNC(=O)c2c(CC)nc3n2CC=C(Cl)C=C3)cc1CC)c1ccc(OC(F)(F)F)cc1. The van der Waals surface area contributed by atoms with Gasteiger partial charge in [0.1, 0.15) is 17.3 Å². The Morgan fingerprint density at radius 3 is 2.47 bits per heavy atom. The van der Waals surface area contributed by atoms with E-state index in [-0.39, 0.29) is 11.7 Å². The third-order valence-corrected chi connectivity index (χ3v) is 8.59. The van der Waals surface area contributed by atoms with Crippen molar-refractivity contribution in [2.24, 2.45) is 0 Å². The van der Waals surface area contributed by atoms with Crippen molar-refractivity contribution < 1.29 is 22.7 Å². The largest absolute Gasteiger partial charge is 0.573 e. The Balaban J connectivity index is 1.28. The van der Waals surface area contributed by atoms with Crippen molar-refractivity contribution in [2.45, 2.75) is 104 Å². The van der Waals surface area contributed by atoms with Gasteiger partial charge in [0, 0.05) is 18.1 Å². The number of unbranched alkanes of at least 4 members (excludes halogenated alkanes) is 2. The number of nitrogens with zero attached hydrogens (tertiary/aromatic N) is 2. The number of rotatable bonds is 15. The monoisotopic (exact) mass is 641 g/mol. The molecule has 2 aromatic carbocycles. The topological polar surface area (TPSA) is 56.2 Å². The van der Waals surface area contributed by atoms with Gasteiger partial charge >= 0.3 is 6.36 Å². The molecule has 0 spiro atoms. The number of benzene rings is 2. The van der Waals surface area contributed by atoms with Gasteiger partial charge in [-0.25, -0.2) is 4.98 Å². The number of ether oxygens (including phenoxy) is 1. The standard InChI is InChI=1S/C36H43ClF3N3O2/c1-4-10-27(29-15-18-31(19-16-29)45-36(38,39)40)11-8-7-9-12-28-14-13-25(23-26(28)5-2)24-41-35(44)34-32(6-3)42-33-20-17-30(37)21-22-43(33)34/h13-21,23,27H,4-12,22,24H2,1-3H3,(H,41,44). The van der Waals surface area contributed by atoms with Gasteiger partial charge in [-0.15, -0.1) is 13.2 Å². The highest BCUT2D eigenvalue weighted by atomic mass is 35.5. The summed E-state index contributed by atoms with van der Waals surface area (Å²) in [4.78, 5) is 17.9. The second-order valence-electron chi connectivity index (χ2n) is 11.5. The van der Waals surface area contributed by atoms with Crippen LogP contribution >= 0.6 is 11.6 Å². The number of fused-ring (bicyclic) bond motifs is 1. The van der Waals surface area contributed by atoms with Crippen LogP contribution in [0, 0.1) is 0 Å². The Morgan fingerprint density at radius 2 is 1.78 bits per heavy atom. The van der Waals surface area contributed by atoms with E-state index in [1.54, 1.807) is 18.2 Å². The fraction of sp³-hybridized carbons (Fsp3) is 0.444. The number of halogens is 4. The number of imidazole rings is 1. The van der Waals surface area contributed by atoms with Crippen molar-refractivity contribution in [1.29, 1.82) is 0 Å². The summed E-state index contributed by atoms with van der Waals surface area (Å²) in [7, 11) is 0. The Kier molecular flexibility index (Phi) is 12.3. The summed E-state index contributed by atoms with van der Waals surface area (Å²) in [6.45, 7) is 7.22. The van der Waals surface area contributed by atoms with Crippen molar-refractivity contribution in [1.82, 2.24) is 14.9 Å². The van der Waals surface area contributed by atoms with E-state index in [0.29, 0.717) is 36.2 Å². The molecular formula is C36H43ClF3N3O2. The van der Waals surface area contributed by atoms with Crippen molar-refractivity contribution in [3.63, 3.8) is 0 Å². The minimum atomic E-state index is -4.68. The van der Waals surface area contributed by atoms with Crippen LogP contribution in [-0.4, -0.2) is 21.8 Å². The molecule has 3 aromatic rings. The second-order valence-corrected chi connectivity index (χ2v) is 11.9. The molecule has 5 nitrogen and oxygen atoms in total. The van der Waals surface area contributed by atoms with E-state index in [4.69, 9.17) is 11.6 Å². The van der Waals surface area contributed by atoms with Crippen LogP contribution in [0.25, 0.3) is 6.08 Å². The molecule has 0 saturated heterocycles. The highest BCUT2D eigenvalue weighted by Crippen LogP contribution is 2.31. The molecule has 4 rings (SSSR count). The van der Waals surface area contributed by atoms with Gasteiger partial charge in [0.25, 0.3) is 5.91 Å². The lowest BCUT2D eigenvalue weighted by Crippen LogP contribution is -2.27. The lowest BCUT2D eigenvalue weighted by atomic mass is 9.89. The number of alkyl halides is 3. The van der Waals surface area contributed by atoms with E-state index in [1.807, 2.05) is 23.6 Å². The van der Waals surface area contributed by atoms with E-state index >= 15 is 0 Å². The van der Waals surface area contributed by atoms with Gasteiger partial charge in [0.2, 0.25) is 0 Å². The second kappa shape index (κ2) is 16.2. The van der Waals surface area contributed by atoms with Crippen LogP contribution < -0.4 is 10.1 Å². The maximum Gasteiger partial charge on any atom is 0.573 e. The molecule has 1 amide bonds. The predicted octanol–water partition coefficient (Wildman–Crippen LogP) is 9.67. The van der Waals surface area contributed by atoms with Gasteiger partial charge in [-0.05, 0) is 97.1 Å². The number of amides is 1. The first-order valence-electron chi connectivity index (χ1n) is 16.0.